The Morgan fingerprint density at radius 3 is 2.56 bits per heavy atom. The predicted molar refractivity (Wildman–Crippen MR) is 95.2 cm³/mol. The molecule has 2 aliphatic carbocycles. The molecule has 0 amide bonds. The SMILES string of the molecule is NC1CN(c2c(F)cc3c(=O)c(C(=O)O)cn(C4CC4)c3c2F)CC12CC2. The van der Waals surface area contributed by atoms with Gasteiger partial charge in [0.05, 0.1) is 10.9 Å². The minimum atomic E-state index is -1.40. The lowest BCUT2D eigenvalue weighted by Crippen LogP contribution is -2.31. The number of hydrogen-bond donors (Lipinski definition) is 2. The van der Waals surface area contributed by atoms with E-state index >= 15 is 4.39 Å². The fraction of sp³-hybridized carbons (Fsp3) is 0.474. The van der Waals surface area contributed by atoms with Crippen molar-refractivity contribution in [2.75, 3.05) is 18.0 Å². The number of aromatic nitrogens is 1. The van der Waals surface area contributed by atoms with Gasteiger partial charge in [-0.05, 0) is 31.7 Å². The summed E-state index contributed by atoms with van der Waals surface area (Å²) in [6.07, 6.45) is 4.63. The number of rotatable bonds is 3. The molecular formula is C19H19F2N3O3. The second kappa shape index (κ2) is 5.28. The van der Waals surface area contributed by atoms with E-state index in [1.165, 1.54) is 10.8 Å². The maximum absolute atomic E-state index is 15.5. The van der Waals surface area contributed by atoms with Crippen LogP contribution in [0.15, 0.2) is 17.1 Å². The molecule has 3 aliphatic rings. The van der Waals surface area contributed by atoms with Crippen LogP contribution in [-0.4, -0.2) is 34.8 Å². The Balaban J connectivity index is 1.75. The van der Waals surface area contributed by atoms with Crippen LogP contribution >= 0.6 is 0 Å². The molecule has 142 valence electrons. The maximum Gasteiger partial charge on any atom is 0.341 e. The van der Waals surface area contributed by atoms with Crippen molar-refractivity contribution in [1.82, 2.24) is 4.57 Å². The molecule has 8 heteroatoms. The van der Waals surface area contributed by atoms with Crippen molar-refractivity contribution in [1.29, 1.82) is 0 Å². The summed E-state index contributed by atoms with van der Waals surface area (Å²) >= 11 is 0. The van der Waals surface area contributed by atoms with Crippen LogP contribution in [0, 0.1) is 17.0 Å². The van der Waals surface area contributed by atoms with Gasteiger partial charge in [-0.25, -0.2) is 13.6 Å². The molecule has 1 aliphatic heterocycles. The second-order valence-corrected chi connectivity index (χ2v) is 8.08. The molecule has 1 spiro atoms. The van der Waals surface area contributed by atoms with E-state index in [1.807, 2.05) is 0 Å². The number of anilines is 1. The molecule has 0 radical (unpaired) electrons. The fourth-order valence-corrected chi connectivity index (χ4v) is 4.37. The topological polar surface area (TPSA) is 88.6 Å². The van der Waals surface area contributed by atoms with Gasteiger partial charge in [-0.3, -0.25) is 4.79 Å². The number of benzene rings is 1. The summed E-state index contributed by atoms with van der Waals surface area (Å²) < 4.78 is 31.9. The first-order chi connectivity index (χ1) is 12.8. The molecule has 3 N–H and O–H groups in total. The summed E-state index contributed by atoms with van der Waals surface area (Å²) in [7, 11) is 0. The normalized spacial score (nSPS) is 23.4. The predicted octanol–water partition coefficient (Wildman–Crippen LogP) is 2.24. The Labute approximate surface area is 153 Å². The summed E-state index contributed by atoms with van der Waals surface area (Å²) in [6.45, 7) is 0.856. The largest absolute Gasteiger partial charge is 0.477 e. The molecule has 0 bridgehead atoms. The van der Waals surface area contributed by atoms with Crippen LogP contribution in [0.3, 0.4) is 0 Å². The number of carboxylic acid groups (broad SMARTS) is 1. The smallest absolute Gasteiger partial charge is 0.341 e. The number of fused-ring (bicyclic) bond motifs is 1. The van der Waals surface area contributed by atoms with E-state index in [0.29, 0.717) is 13.1 Å². The van der Waals surface area contributed by atoms with Gasteiger partial charge in [-0.2, -0.15) is 0 Å². The Bertz CT molecular complexity index is 1060. The van der Waals surface area contributed by atoms with E-state index in [-0.39, 0.29) is 34.1 Å². The third-order valence-corrected chi connectivity index (χ3v) is 6.27. The number of halogens is 2. The van der Waals surface area contributed by atoms with E-state index in [1.54, 1.807) is 4.90 Å². The van der Waals surface area contributed by atoms with Gasteiger partial charge in [0, 0.05) is 36.8 Å². The van der Waals surface area contributed by atoms with Gasteiger partial charge < -0.3 is 20.3 Å². The lowest BCUT2D eigenvalue weighted by Gasteiger charge is -2.22. The lowest BCUT2D eigenvalue weighted by molar-refractivity contribution is 0.0695. The molecule has 1 unspecified atom stereocenters. The molecule has 1 atom stereocenters. The third kappa shape index (κ3) is 2.32. The summed E-state index contributed by atoms with van der Waals surface area (Å²) in [4.78, 5) is 25.5. The highest BCUT2D eigenvalue weighted by atomic mass is 19.1. The minimum absolute atomic E-state index is 0.0192. The molecule has 2 aromatic rings. The molecule has 5 rings (SSSR count). The highest BCUT2D eigenvalue weighted by Crippen LogP contribution is 2.53. The monoisotopic (exact) mass is 375 g/mol. The van der Waals surface area contributed by atoms with Crippen molar-refractivity contribution in [2.24, 2.45) is 11.1 Å². The molecule has 6 nitrogen and oxygen atoms in total. The van der Waals surface area contributed by atoms with E-state index in [9.17, 15) is 19.1 Å². The molecule has 2 heterocycles. The number of hydrogen-bond acceptors (Lipinski definition) is 4. The van der Waals surface area contributed by atoms with E-state index in [2.05, 4.69) is 0 Å². The van der Waals surface area contributed by atoms with Crippen molar-refractivity contribution >= 4 is 22.6 Å². The molecule has 1 aromatic carbocycles. The van der Waals surface area contributed by atoms with Crippen LogP contribution < -0.4 is 16.1 Å². The van der Waals surface area contributed by atoms with Crippen molar-refractivity contribution < 1.29 is 18.7 Å². The van der Waals surface area contributed by atoms with Gasteiger partial charge in [0.15, 0.2) is 5.82 Å². The summed E-state index contributed by atoms with van der Waals surface area (Å²) in [5.74, 6) is -3.06. The van der Waals surface area contributed by atoms with E-state index in [4.69, 9.17) is 5.73 Å². The highest BCUT2D eigenvalue weighted by molar-refractivity contribution is 5.94. The minimum Gasteiger partial charge on any atom is -0.477 e. The summed E-state index contributed by atoms with van der Waals surface area (Å²) in [5, 5.41) is 9.06. The summed E-state index contributed by atoms with van der Waals surface area (Å²) in [5.41, 5.74) is 4.59. The number of carboxylic acids is 1. The van der Waals surface area contributed by atoms with Crippen LogP contribution in [0.1, 0.15) is 42.1 Å². The molecule has 2 saturated carbocycles. The van der Waals surface area contributed by atoms with E-state index < -0.39 is 28.6 Å². The Kier molecular flexibility index (Phi) is 3.26. The zero-order chi connectivity index (χ0) is 19.1. The van der Waals surface area contributed by atoms with Gasteiger partial charge in [-0.1, -0.05) is 0 Å². The number of carbonyl (C=O) groups is 1. The average molecular weight is 375 g/mol. The first kappa shape index (κ1) is 16.7. The van der Waals surface area contributed by atoms with Gasteiger partial charge >= 0.3 is 5.97 Å². The Hall–Kier alpha value is -2.48. The number of aromatic carboxylic acids is 1. The molecule has 1 saturated heterocycles. The highest BCUT2D eigenvalue weighted by Gasteiger charge is 2.54. The van der Waals surface area contributed by atoms with Crippen LogP contribution in [0.5, 0.6) is 0 Å². The number of nitrogens with zero attached hydrogens (tertiary/aromatic N) is 2. The number of nitrogens with two attached hydrogens (primary N) is 1. The van der Waals surface area contributed by atoms with Gasteiger partial charge in [0.1, 0.15) is 17.1 Å². The van der Waals surface area contributed by atoms with Crippen molar-refractivity contribution in [3.63, 3.8) is 0 Å². The number of pyridine rings is 1. The third-order valence-electron chi connectivity index (χ3n) is 6.27. The second-order valence-electron chi connectivity index (χ2n) is 8.08. The summed E-state index contributed by atoms with van der Waals surface area (Å²) in [6, 6.07) is 0.770. The average Bonchev–Trinajstić information content (AvgIpc) is 3.49. The van der Waals surface area contributed by atoms with E-state index in [0.717, 1.165) is 31.7 Å². The molecule has 27 heavy (non-hydrogen) atoms. The van der Waals surface area contributed by atoms with Crippen molar-refractivity contribution in [2.45, 2.75) is 37.8 Å². The standard InChI is InChI=1S/C19H19F2N3O3/c20-12-5-10-15(24(9-1-2-9)6-11(17(10)25)18(26)27)14(21)16(12)23-7-13(22)19(8-23)3-4-19/h5-6,9,13H,1-4,7-8,22H2,(H,26,27). The Morgan fingerprint density at radius 2 is 2.00 bits per heavy atom. The Morgan fingerprint density at radius 1 is 1.30 bits per heavy atom. The molecule has 1 aromatic heterocycles. The first-order valence-electron chi connectivity index (χ1n) is 9.13. The van der Waals surface area contributed by atoms with Crippen molar-refractivity contribution in [3.05, 3.63) is 39.7 Å². The quantitative estimate of drug-likeness (QED) is 0.859. The van der Waals surface area contributed by atoms with Crippen molar-refractivity contribution in [3.8, 4) is 0 Å². The first-order valence-corrected chi connectivity index (χ1v) is 9.13. The lowest BCUT2D eigenvalue weighted by atomic mass is 10.0. The van der Waals surface area contributed by atoms with Crippen LogP contribution in [0.25, 0.3) is 10.9 Å². The molecule has 3 fully saturated rings. The molecular weight excluding hydrogens is 356 g/mol. The van der Waals surface area contributed by atoms with Crippen LogP contribution in [0.2, 0.25) is 0 Å². The zero-order valence-corrected chi connectivity index (χ0v) is 14.5. The zero-order valence-electron chi connectivity index (χ0n) is 14.5. The van der Waals surface area contributed by atoms with Crippen LogP contribution in [-0.2, 0) is 0 Å². The van der Waals surface area contributed by atoms with Crippen LogP contribution in [0.4, 0.5) is 14.5 Å². The maximum atomic E-state index is 15.5. The fourth-order valence-electron chi connectivity index (χ4n) is 4.37. The van der Waals surface area contributed by atoms with Gasteiger partial charge in [0.25, 0.3) is 0 Å². The van der Waals surface area contributed by atoms with Gasteiger partial charge in [-0.15, -0.1) is 0 Å². The van der Waals surface area contributed by atoms with Gasteiger partial charge in [0.2, 0.25) is 5.43 Å².